The number of benzene rings is 1. The highest BCUT2D eigenvalue weighted by Gasteiger charge is 2.07. The van der Waals surface area contributed by atoms with E-state index in [0.717, 1.165) is 44.6 Å². The summed E-state index contributed by atoms with van der Waals surface area (Å²) in [6.45, 7) is 7.27. The molecule has 0 aliphatic heterocycles. The molecule has 3 N–H and O–H groups in total. The molecule has 0 amide bonds. The summed E-state index contributed by atoms with van der Waals surface area (Å²) >= 11 is 0. The van der Waals surface area contributed by atoms with E-state index in [-0.39, 0.29) is 0 Å². The number of ether oxygens (including phenoxy) is 1. The van der Waals surface area contributed by atoms with Gasteiger partial charge in [0, 0.05) is 0 Å². The Kier molecular flexibility index (Phi) is 7.53. The molecule has 3 nitrogen and oxygen atoms in total. The molecule has 0 saturated carbocycles. The molecule has 0 atom stereocenters. The normalized spacial score (nSPS) is 11.0. The summed E-state index contributed by atoms with van der Waals surface area (Å²) in [5.74, 6) is 1.49. The Balaban J connectivity index is 2.44. The van der Waals surface area contributed by atoms with Crippen LogP contribution in [0.3, 0.4) is 0 Å². The first-order valence-corrected chi connectivity index (χ1v) is 7.26. The second-order valence-electron chi connectivity index (χ2n) is 5.23. The van der Waals surface area contributed by atoms with Crippen LogP contribution >= 0.6 is 0 Å². The van der Waals surface area contributed by atoms with Crippen LogP contribution in [-0.4, -0.2) is 26.7 Å². The minimum absolute atomic E-state index is 0.493. The molecule has 0 fully saturated rings. The van der Waals surface area contributed by atoms with Crippen LogP contribution in [0, 0.1) is 0 Å². The molecule has 0 radical (unpaired) electrons. The Bertz CT molecular complexity index is 364. The van der Waals surface area contributed by atoms with E-state index < -0.39 is 0 Å². The van der Waals surface area contributed by atoms with Gasteiger partial charge in [0.25, 0.3) is 0 Å². The first-order valence-electron chi connectivity index (χ1n) is 7.26. The Morgan fingerprint density at radius 3 is 2.63 bits per heavy atom. The number of methoxy groups -OCH3 is 1. The van der Waals surface area contributed by atoms with Crippen molar-refractivity contribution in [1.29, 1.82) is 0 Å². The number of unbranched alkanes of at least 4 members (excludes halogenated alkanes) is 1. The van der Waals surface area contributed by atoms with Crippen molar-refractivity contribution in [3.8, 4) is 5.75 Å². The second-order valence-corrected chi connectivity index (χ2v) is 5.23. The molecule has 1 aromatic carbocycles. The number of hydrogen-bond donors (Lipinski definition) is 2. The number of nitrogens with two attached hydrogens (primary N) is 1. The maximum absolute atomic E-state index is 5.47. The zero-order valence-electron chi connectivity index (χ0n) is 12.5. The van der Waals surface area contributed by atoms with Crippen LogP contribution < -0.4 is 15.8 Å². The third-order valence-electron chi connectivity index (χ3n) is 3.31. The van der Waals surface area contributed by atoms with Gasteiger partial charge < -0.3 is 15.8 Å². The monoisotopic (exact) mass is 264 g/mol. The SMILES string of the molecule is COc1ccc(CCNCCCCN)cc1C(C)C. The summed E-state index contributed by atoms with van der Waals surface area (Å²) in [5, 5.41) is 3.46. The van der Waals surface area contributed by atoms with Crippen molar-refractivity contribution in [3.63, 3.8) is 0 Å². The topological polar surface area (TPSA) is 47.3 Å². The standard InChI is InChI=1S/C16H28N2O/c1-13(2)15-12-14(6-7-16(15)19-3)8-11-18-10-5-4-9-17/h6-7,12-13,18H,4-5,8-11,17H2,1-3H3. The van der Waals surface area contributed by atoms with E-state index in [1.54, 1.807) is 7.11 Å². The third-order valence-corrected chi connectivity index (χ3v) is 3.31. The molecule has 3 heteroatoms. The van der Waals surface area contributed by atoms with Crippen molar-refractivity contribution in [2.45, 2.75) is 39.0 Å². The molecular formula is C16H28N2O. The largest absolute Gasteiger partial charge is 0.496 e. The van der Waals surface area contributed by atoms with E-state index >= 15 is 0 Å². The van der Waals surface area contributed by atoms with Gasteiger partial charge in [-0.15, -0.1) is 0 Å². The van der Waals surface area contributed by atoms with Crippen molar-refractivity contribution in [2.24, 2.45) is 5.73 Å². The first kappa shape index (κ1) is 16.0. The van der Waals surface area contributed by atoms with E-state index in [1.807, 2.05) is 0 Å². The van der Waals surface area contributed by atoms with Crippen LogP contribution in [0.2, 0.25) is 0 Å². The first-order chi connectivity index (χ1) is 9.19. The minimum atomic E-state index is 0.493. The van der Waals surface area contributed by atoms with Gasteiger partial charge in [0.15, 0.2) is 0 Å². The maximum Gasteiger partial charge on any atom is 0.122 e. The van der Waals surface area contributed by atoms with Crippen molar-refractivity contribution in [3.05, 3.63) is 29.3 Å². The lowest BCUT2D eigenvalue weighted by Crippen LogP contribution is -2.19. The summed E-state index contributed by atoms with van der Waals surface area (Å²) in [6.07, 6.45) is 3.33. The molecular weight excluding hydrogens is 236 g/mol. The van der Waals surface area contributed by atoms with Gasteiger partial charge in [-0.1, -0.05) is 26.0 Å². The van der Waals surface area contributed by atoms with Gasteiger partial charge in [-0.2, -0.15) is 0 Å². The lowest BCUT2D eigenvalue weighted by atomic mass is 9.98. The molecule has 1 aromatic rings. The Hall–Kier alpha value is -1.06. The summed E-state index contributed by atoms with van der Waals surface area (Å²) in [4.78, 5) is 0. The van der Waals surface area contributed by atoms with Crippen molar-refractivity contribution >= 4 is 0 Å². The molecule has 0 unspecified atom stereocenters. The van der Waals surface area contributed by atoms with E-state index in [1.165, 1.54) is 11.1 Å². The van der Waals surface area contributed by atoms with E-state index in [9.17, 15) is 0 Å². The quantitative estimate of drug-likeness (QED) is 0.674. The molecule has 0 aliphatic rings. The number of rotatable bonds is 9. The maximum atomic E-state index is 5.47. The summed E-state index contributed by atoms with van der Waals surface area (Å²) in [7, 11) is 1.74. The van der Waals surface area contributed by atoms with Crippen molar-refractivity contribution < 1.29 is 4.74 Å². The van der Waals surface area contributed by atoms with Crippen LogP contribution in [0.15, 0.2) is 18.2 Å². The van der Waals surface area contributed by atoms with Gasteiger partial charge in [-0.05, 0) is 62.0 Å². The average molecular weight is 264 g/mol. The van der Waals surface area contributed by atoms with Crippen molar-refractivity contribution in [1.82, 2.24) is 5.32 Å². The molecule has 0 spiro atoms. The fourth-order valence-electron chi connectivity index (χ4n) is 2.14. The Labute approximate surface area is 117 Å². The summed E-state index contributed by atoms with van der Waals surface area (Å²) < 4.78 is 5.40. The molecule has 19 heavy (non-hydrogen) atoms. The smallest absolute Gasteiger partial charge is 0.122 e. The zero-order chi connectivity index (χ0) is 14.1. The molecule has 0 bridgehead atoms. The number of hydrogen-bond acceptors (Lipinski definition) is 3. The van der Waals surface area contributed by atoms with Gasteiger partial charge in [0.1, 0.15) is 5.75 Å². The molecule has 0 saturated heterocycles. The molecule has 0 heterocycles. The molecule has 1 rings (SSSR count). The van der Waals surface area contributed by atoms with Crippen LogP contribution in [0.25, 0.3) is 0 Å². The average Bonchev–Trinajstić information content (AvgIpc) is 2.42. The fraction of sp³-hybridized carbons (Fsp3) is 0.625. The van der Waals surface area contributed by atoms with E-state index in [4.69, 9.17) is 10.5 Å². The highest BCUT2D eigenvalue weighted by Crippen LogP contribution is 2.27. The van der Waals surface area contributed by atoms with E-state index in [2.05, 4.69) is 37.4 Å². The third kappa shape index (κ3) is 5.62. The molecule has 108 valence electrons. The fourth-order valence-corrected chi connectivity index (χ4v) is 2.14. The second kappa shape index (κ2) is 8.94. The predicted octanol–water partition coefficient (Wildman–Crippen LogP) is 2.69. The Morgan fingerprint density at radius 2 is 2.00 bits per heavy atom. The van der Waals surface area contributed by atoms with Gasteiger partial charge in [-0.25, -0.2) is 0 Å². The van der Waals surface area contributed by atoms with Crippen molar-refractivity contribution in [2.75, 3.05) is 26.7 Å². The number of nitrogens with one attached hydrogen (secondary N) is 1. The van der Waals surface area contributed by atoms with Crippen LogP contribution in [-0.2, 0) is 6.42 Å². The highest BCUT2D eigenvalue weighted by molar-refractivity contribution is 5.39. The van der Waals surface area contributed by atoms with Gasteiger partial charge >= 0.3 is 0 Å². The summed E-state index contributed by atoms with van der Waals surface area (Å²) in [6, 6.07) is 6.51. The predicted molar refractivity (Wildman–Crippen MR) is 81.9 cm³/mol. The zero-order valence-corrected chi connectivity index (χ0v) is 12.5. The lowest BCUT2D eigenvalue weighted by molar-refractivity contribution is 0.407. The van der Waals surface area contributed by atoms with Gasteiger partial charge in [0.2, 0.25) is 0 Å². The minimum Gasteiger partial charge on any atom is -0.496 e. The molecule has 0 aliphatic carbocycles. The van der Waals surface area contributed by atoms with Crippen LogP contribution in [0.4, 0.5) is 0 Å². The van der Waals surface area contributed by atoms with Gasteiger partial charge in [-0.3, -0.25) is 0 Å². The highest BCUT2D eigenvalue weighted by atomic mass is 16.5. The van der Waals surface area contributed by atoms with Crippen LogP contribution in [0.5, 0.6) is 5.75 Å². The van der Waals surface area contributed by atoms with Crippen LogP contribution in [0.1, 0.15) is 43.7 Å². The summed E-state index contributed by atoms with van der Waals surface area (Å²) in [5.41, 5.74) is 8.13. The lowest BCUT2D eigenvalue weighted by Gasteiger charge is -2.13. The molecule has 0 aromatic heterocycles. The Morgan fingerprint density at radius 1 is 1.21 bits per heavy atom. The van der Waals surface area contributed by atoms with Gasteiger partial charge in [0.05, 0.1) is 7.11 Å². The van der Waals surface area contributed by atoms with E-state index in [0.29, 0.717) is 5.92 Å².